The number of anilines is 1. The summed E-state index contributed by atoms with van der Waals surface area (Å²) in [5, 5.41) is 9.00. The lowest BCUT2D eigenvalue weighted by molar-refractivity contribution is 0.0986. The molecular weight excluding hydrogens is 390 g/mol. The second-order valence-corrected chi connectivity index (χ2v) is 8.04. The van der Waals surface area contributed by atoms with Crippen molar-refractivity contribution in [1.29, 1.82) is 5.26 Å². The average molecular weight is 416 g/mol. The minimum Gasteiger partial charge on any atom is -0.494 e. The van der Waals surface area contributed by atoms with Crippen molar-refractivity contribution in [2.24, 2.45) is 0 Å². The molecule has 0 aliphatic carbocycles. The zero-order chi connectivity index (χ0) is 21.4. The summed E-state index contributed by atoms with van der Waals surface area (Å²) in [6.45, 7) is 6.29. The van der Waals surface area contributed by atoms with Gasteiger partial charge in [0, 0.05) is 24.3 Å². The number of nitriles is 1. The van der Waals surface area contributed by atoms with Gasteiger partial charge in [-0.2, -0.15) is 5.26 Å². The van der Waals surface area contributed by atoms with Crippen LogP contribution in [0.5, 0.6) is 5.75 Å². The summed E-state index contributed by atoms with van der Waals surface area (Å²) in [6, 6.07) is 13.5. The van der Waals surface area contributed by atoms with Crippen molar-refractivity contribution in [3.63, 3.8) is 0 Å². The Kier molecular flexibility index (Phi) is 7.76. The first-order valence-electron chi connectivity index (χ1n) is 9.36. The van der Waals surface area contributed by atoms with E-state index in [1.54, 1.807) is 44.2 Å². The molecule has 0 aliphatic heterocycles. The topological polar surface area (TPSA) is 99.5 Å². The Morgan fingerprint density at radius 2 is 1.86 bits per heavy atom. The normalized spacial score (nSPS) is 11.0. The first-order chi connectivity index (χ1) is 13.8. The van der Waals surface area contributed by atoms with E-state index in [0.717, 1.165) is 0 Å². The Bertz CT molecular complexity index is 996. The molecule has 2 aromatic carbocycles. The number of carbonyl (C=O) groups excluding carboxylic acids is 1. The van der Waals surface area contributed by atoms with Crippen molar-refractivity contribution in [1.82, 2.24) is 4.72 Å². The van der Waals surface area contributed by atoms with Crippen LogP contribution in [-0.2, 0) is 10.0 Å². The van der Waals surface area contributed by atoms with Crippen molar-refractivity contribution in [2.45, 2.75) is 32.1 Å². The van der Waals surface area contributed by atoms with Gasteiger partial charge in [-0.3, -0.25) is 4.79 Å². The minimum atomic E-state index is -3.69. The third-order valence-electron chi connectivity index (χ3n) is 4.24. The molecular formula is C21H25N3O4S. The summed E-state index contributed by atoms with van der Waals surface area (Å²) in [5.74, 6) is 0.314. The monoisotopic (exact) mass is 415 g/mol. The first kappa shape index (κ1) is 22.4. The van der Waals surface area contributed by atoms with Gasteiger partial charge in [0.2, 0.25) is 10.0 Å². The van der Waals surface area contributed by atoms with E-state index in [1.807, 2.05) is 13.0 Å². The lowest BCUT2D eigenvalue weighted by Gasteiger charge is -2.23. The highest BCUT2D eigenvalue weighted by Crippen LogP contribution is 2.24. The van der Waals surface area contributed by atoms with Crippen molar-refractivity contribution < 1.29 is 17.9 Å². The summed E-state index contributed by atoms with van der Waals surface area (Å²) in [7, 11) is -3.69. The molecule has 0 saturated heterocycles. The zero-order valence-electron chi connectivity index (χ0n) is 16.8. The number of amides is 1. The summed E-state index contributed by atoms with van der Waals surface area (Å²) in [5.41, 5.74) is 1.53. The summed E-state index contributed by atoms with van der Waals surface area (Å²) in [4.78, 5) is 14.8. The molecule has 0 bridgehead atoms. The van der Waals surface area contributed by atoms with Crippen LogP contribution < -0.4 is 14.4 Å². The molecule has 0 atom stereocenters. The van der Waals surface area contributed by atoms with Crippen LogP contribution in [0.3, 0.4) is 0 Å². The Balaban J connectivity index is 2.44. The smallest absolute Gasteiger partial charge is 0.258 e. The highest BCUT2D eigenvalue weighted by atomic mass is 32.2. The molecule has 8 heteroatoms. The van der Waals surface area contributed by atoms with Crippen molar-refractivity contribution in [3.05, 3.63) is 53.6 Å². The highest BCUT2D eigenvalue weighted by molar-refractivity contribution is 7.89. The third kappa shape index (κ3) is 5.56. The highest BCUT2D eigenvalue weighted by Gasteiger charge is 2.22. The second-order valence-electron chi connectivity index (χ2n) is 6.27. The number of hydrogen-bond donors (Lipinski definition) is 1. The molecule has 0 saturated carbocycles. The van der Waals surface area contributed by atoms with Gasteiger partial charge in [0.25, 0.3) is 5.91 Å². The van der Waals surface area contributed by atoms with E-state index in [0.29, 0.717) is 23.6 Å². The number of benzene rings is 2. The van der Waals surface area contributed by atoms with E-state index in [1.165, 1.54) is 17.0 Å². The van der Waals surface area contributed by atoms with Gasteiger partial charge in [-0.25, -0.2) is 13.1 Å². The number of nitrogens with zero attached hydrogens (tertiary/aromatic N) is 2. The van der Waals surface area contributed by atoms with Crippen LogP contribution in [0.25, 0.3) is 0 Å². The summed E-state index contributed by atoms with van der Waals surface area (Å²) >= 11 is 0. The molecule has 0 radical (unpaired) electrons. The van der Waals surface area contributed by atoms with Crippen LogP contribution in [0.1, 0.15) is 36.2 Å². The predicted octanol–water partition coefficient (Wildman–Crippen LogP) is 3.25. The van der Waals surface area contributed by atoms with Gasteiger partial charge in [0.1, 0.15) is 5.75 Å². The van der Waals surface area contributed by atoms with E-state index in [2.05, 4.69) is 4.72 Å². The molecule has 2 aromatic rings. The molecule has 29 heavy (non-hydrogen) atoms. The number of carbonyl (C=O) groups is 1. The van der Waals surface area contributed by atoms with Crippen LogP contribution in [0.2, 0.25) is 0 Å². The largest absolute Gasteiger partial charge is 0.494 e. The number of nitrogens with one attached hydrogen (secondary N) is 1. The van der Waals surface area contributed by atoms with Gasteiger partial charge < -0.3 is 9.64 Å². The van der Waals surface area contributed by atoms with Crippen LogP contribution in [0, 0.1) is 18.3 Å². The lowest BCUT2D eigenvalue weighted by Crippen LogP contribution is -2.32. The van der Waals surface area contributed by atoms with Gasteiger partial charge in [-0.15, -0.1) is 0 Å². The summed E-state index contributed by atoms with van der Waals surface area (Å²) in [6.07, 6.45) is 0.146. The van der Waals surface area contributed by atoms with Gasteiger partial charge in [-0.05, 0) is 55.8 Å². The number of sulfonamides is 1. The fourth-order valence-electron chi connectivity index (χ4n) is 2.82. The second kappa shape index (κ2) is 10.0. The van der Waals surface area contributed by atoms with Gasteiger partial charge >= 0.3 is 0 Å². The van der Waals surface area contributed by atoms with Crippen molar-refractivity contribution >= 4 is 21.6 Å². The van der Waals surface area contributed by atoms with Gasteiger partial charge in [0.05, 0.1) is 24.0 Å². The Morgan fingerprint density at radius 1 is 1.17 bits per heavy atom. The average Bonchev–Trinajstić information content (AvgIpc) is 2.69. The molecule has 0 spiro atoms. The summed E-state index contributed by atoms with van der Waals surface area (Å²) < 4.78 is 32.5. The van der Waals surface area contributed by atoms with E-state index in [4.69, 9.17) is 10.00 Å². The molecule has 0 fully saturated rings. The predicted molar refractivity (Wildman–Crippen MR) is 112 cm³/mol. The van der Waals surface area contributed by atoms with Gasteiger partial charge in [-0.1, -0.05) is 13.0 Å². The molecule has 0 unspecified atom stereocenters. The van der Waals surface area contributed by atoms with Crippen LogP contribution in [-0.4, -0.2) is 34.0 Å². The van der Waals surface area contributed by atoms with E-state index < -0.39 is 10.0 Å². The number of hydrogen-bond acceptors (Lipinski definition) is 5. The standard InChI is InChI=1S/C21H25N3O4S/c1-4-23-29(26,27)19-12-7-16(3)20(15-19)21(25)24(14-6-13-22)17-8-10-18(11-9-17)28-5-2/h7-12,15,23H,4-6,14H2,1-3H3. The number of ether oxygens (including phenoxy) is 1. The molecule has 0 heterocycles. The maximum Gasteiger partial charge on any atom is 0.258 e. The maximum absolute atomic E-state index is 13.3. The quantitative estimate of drug-likeness (QED) is 0.678. The fraction of sp³-hybridized carbons (Fsp3) is 0.333. The molecule has 2 rings (SSSR count). The molecule has 0 aromatic heterocycles. The molecule has 7 nitrogen and oxygen atoms in total. The minimum absolute atomic E-state index is 0.0280. The SMILES string of the molecule is CCNS(=O)(=O)c1ccc(C)c(C(=O)N(CCC#N)c2ccc(OCC)cc2)c1. The van der Waals surface area contributed by atoms with E-state index in [9.17, 15) is 13.2 Å². The maximum atomic E-state index is 13.3. The Hall–Kier alpha value is -2.89. The molecule has 1 amide bonds. The molecule has 0 aliphatic rings. The Morgan fingerprint density at radius 3 is 2.45 bits per heavy atom. The van der Waals surface area contributed by atoms with Gasteiger partial charge in [0.15, 0.2) is 0 Å². The number of rotatable bonds is 9. The number of aryl methyl sites for hydroxylation is 1. The van der Waals surface area contributed by atoms with Crippen LogP contribution in [0.4, 0.5) is 5.69 Å². The van der Waals surface area contributed by atoms with E-state index >= 15 is 0 Å². The fourth-order valence-corrected chi connectivity index (χ4v) is 3.88. The third-order valence-corrected chi connectivity index (χ3v) is 5.78. The van der Waals surface area contributed by atoms with Crippen molar-refractivity contribution in [3.8, 4) is 11.8 Å². The molecule has 154 valence electrons. The Labute approximate surface area is 172 Å². The van der Waals surface area contributed by atoms with E-state index in [-0.39, 0.29) is 35.9 Å². The van der Waals surface area contributed by atoms with Crippen molar-refractivity contribution in [2.75, 3.05) is 24.6 Å². The first-order valence-corrected chi connectivity index (χ1v) is 10.8. The van der Waals surface area contributed by atoms with Crippen LogP contribution in [0.15, 0.2) is 47.4 Å². The zero-order valence-corrected chi connectivity index (χ0v) is 17.6. The molecule has 1 N–H and O–H groups in total. The lowest BCUT2D eigenvalue weighted by atomic mass is 10.1. The van der Waals surface area contributed by atoms with Crippen LogP contribution >= 0.6 is 0 Å².